The van der Waals surface area contributed by atoms with Crippen molar-refractivity contribution in [2.45, 2.75) is 32.1 Å². The molecule has 0 saturated heterocycles. The Morgan fingerprint density at radius 2 is 1.75 bits per heavy atom. The quantitative estimate of drug-likeness (QED) is 0.615. The summed E-state index contributed by atoms with van der Waals surface area (Å²) in [6, 6.07) is 0. The van der Waals surface area contributed by atoms with E-state index in [0.717, 1.165) is 0 Å². The lowest BCUT2D eigenvalue weighted by Gasteiger charge is -2.22. The molecule has 1 aliphatic rings. The molecule has 2 heteroatoms. The molecule has 1 saturated carbocycles. The van der Waals surface area contributed by atoms with Crippen LogP contribution in [0.1, 0.15) is 32.1 Å². The summed E-state index contributed by atoms with van der Waals surface area (Å²) in [5.41, 5.74) is 12.1. The average molecular weight is 166 g/mol. The van der Waals surface area contributed by atoms with Crippen LogP contribution < -0.4 is 11.5 Å². The van der Waals surface area contributed by atoms with Crippen molar-refractivity contribution in [3.63, 3.8) is 0 Å². The minimum atomic E-state index is 0.656. The number of allylic oxidation sites excluding steroid dienone is 2. The topological polar surface area (TPSA) is 52.0 Å². The van der Waals surface area contributed by atoms with Crippen LogP contribution in [0.2, 0.25) is 0 Å². The zero-order valence-corrected chi connectivity index (χ0v) is 7.50. The molecule has 0 bridgehead atoms. The van der Waals surface area contributed by atoms with Crippen molar-refractivity contribution in [3.05, 3.63) is 24.0 Å². The van der Waals surface area contributed by atoms with E-state index < -0.39 is 0 Å². The Balaban J connectivity index is 2.52. The van der Waals surface area contributed by atoms with Gasteiger partial charge in [-0.05, 0) is 42.8 Å². The molecule has 12 heavy (non-hydrogen) atoms. The van der Waals surface area contributed by atoms with Gasteiger partial charge in [-0.2, -0.15) is 0 Å². The Morgan fingerprint density at radius 3 is 2.25 bits per heavy atom. The van der Waals surface area contributed by atoms with Crippen molar-refractivity contribution in [2.75, 3.05) is 0 Å². The molecule has 0 unspecified atom stereocenters. The largest absolute Gasteiger partial charge is 0.405 e. The van der Waals surface area contributed by atoms with Crippen LogP contribution in [0.4, 0.5) is 0 Å². The van der Waals surface area contributed by atoms with Crippen molar-refractivity contribution in [2.24, 2.45) is 17.4 Å². The van der Waals surface area contributed by atoms with Crippen LogP contribution in [0.3, 0.4) is 0 Å². The average Bonchev–Trinajstić information content (AvgIpc) is 2.15. The van der Waals surface area contributed by atoms with Gasteiger partial charge in [0.15, 0.2) is 0 Å². The van der Waals surface area contributed by atoms with Crippen LogP contribution in [-0.2, 0) is 0 Å². The molecule has 0 radical (unpaired) electrons. The molecular formula is C10H18N2. The molecule has 0 aromatic rings. The third-order valence-electron chi connectivity index (χ3n) is 2.56. The lowest BCUT2D eigenvalue weighted by molar-refractivity contribution is 0.408. The second kappa shape index (κ2) is 4.86. The van der Waals surface area contributed by atoms with E-state index in [-0.39, 0.29) is 0 Å². The normalized spacial score (nSPS) is 21.8. The summed E-state index contributed by atoms with van der Waals surface area (Å²) in [6.45, 7) is 0. The number of hydrogen-bond donors (Lipinski definition) is 2. The molecule has 1 rings (SSSR count). The molecule has 0 atom stereocenters. The van der Waals surface area contributed by atoms with Crippen molar-refractivity contribution in [3.8, 4) is 0 Å². The molecular weight excluding hydrogens is 148 g/mol. The number of nitrogens with two attached hydrogens (primary N) is 2. The molecule has 0 aromatic heterocycles. The van der Waals surface area contributed by atoms with Crippen molar-refractivity contribution in [1.29, 1.82) is 0 Å². The van der Waals surface area contributed by atoms with Gasteiger partial charge in [-0.25, -0.2) is 0 Å². The highest BCUT2D eigenvalue weighted by molar-refractivity contribution is 5.20. The fraction of sp³-hybridized carbons (Fsp3) is 0.600. The molecule has 1 fully saturated rings. The predicted octanol–water partition coefficient (Wildman–Crippen LogP) is 1.88. The van der Waals surface area contributed by atoms with Gasteiger partial charge in [0.25, 0.3) is 0 Å². The third kappa shape index (κ3) is 2.29. The lowest BCUT2D eigenvalue weighted by atomic mass is 9.84. The highest BCUT2D eigenvalue weighted by Crippen LogP contribution is 2.29. The summed E-state index contributed by atoms with van der Waals surface area (Å²) in [5, 5.41) is 0. The Labute approximate surface area is 74.3 Å². The van der Waals surface area contributed by atoms with E-state index in [4.69, 9.17) is 11.5 Å². The maximum atomic E-state index is 5.52. The van der Waals surface area contributed by atoms with Crippen molar-refractivity contribution < 1.29 is 0 Å². The van der Waals surface area contributed by atoms with E-state index >= 15 is 0 Å². The van der Waals surface area contributed by atoms with Crippen LogP contribution in [0.15, 0.2) is 24.0 Å². The standard InChI is InChI=1S/C10H18N2/c11-7-6-10(8-12)9-4-2-1-3-5-9/h6-9H,1-5,11-12H2/b7-6-,10-8+. The van der Waals surface area contributed by atoms with E-state index in [1.54, 1.807) is 12.4 Å². The summed E-state index contributed by atoms with van der Waals surface area (Å²) < 4.78 is 0. The number of rotatable bonds is 2. The minimum absolute atomic E-state index is 0.656. The zero-order valence-electron chi connectivity index (χ0n) is 7.50. The Hall–Kier alpha value is -0.920. The van der Waals surface area contributed by atoms with Crippen LogP contribution in [0.25, 0.3) is 0 Å². The van der Waals surface area contributed by atoms with Gasteiger partial charge < -0.3 is 11.5 Å². The van der Waals surface area contributed by atoms with Crippen molar-refractivity contribution in [1.82, 2.24) is 0 Å². The first-order valence-corrected chi connectivity index (χ1v) is 4.68. The first kappa shape index (κ1) is 9.17. The SMILES string of the molecule is N/C=C\C(=C/N)C1CCCCC1. The highest BCUT2D eigenvalue weighted by Gasteiger charge is 2.15. The van der Waals surface area contributed by atoms with E-state index in [9.17, 15) is 0 Å². The summed E-state index contributed by atoms with van der Waals surface area (Å²) in [4.78, 5) is 0. The highest BCUT2D eigenvalue weighted by atomic mass is 14.5. The van der Waals surface area contributed by atoms with Gasteiger partial charge >= 0.3 is 0 Å². The van der Waals surface area contributed by atoms with Gasteiger partial charge in [0.2, 0.25) is 0 Å². The minimum Gasteiger partial charge on any atom is -0.405 e. The Kier molecular flexibility index (Phi) is 3.71. The van der Waals surface area contributed by atoms with Gasteiger partial charge in [-0.1, -0.05) is 19.3 Å². The van der Waals surface area contributed by atoms with E-state index in [2.05, 4.69) is 0 Å². The molecule has 1 aliphatic carbocycles. The second-order valence-electron chi connectivity index (χ2n) is 3.36. The number of hydrogen-bond acceptors (Lipinski definition) is 2. The smallest absolute Gasteiger partial charge is 0.00263 e. The molecule has 0 amide bonds. The molecule has 0 aliphatic heterocycles. The first-order valence-electron chi connectivity index (χ1n) is 4.68. The van der Waals surface area contributed by atoms with Gasteiger partial charge in [-0.15, -0.1) is 0 Å². The zero-order chi connectivity index (χ0) is 8.81. The monoisotopic (exact) mass is 166 g/mol. The fourth-order valence-corrected chi connectivity index (χ4v) is 1.87. The first-order chi connectivity index (χ1) is 5.88. The van der Waals surface area contributed by atoms with E-state index in [1.165, 1.54) is 37.7 Å². The van der Waals surface area contributed by atoms with Gasteiger partial charge in [0.05, 0.1) is 0 Å². The van der Waals surface area contributed by atoms with Gasteiger partial charge in [0, 0.05) is 0 Å². The summed E-state index contributed by atoms with van der Waals surface area (Å²) in [7, 11) is 0. The Bertz CT molecular complexity index is 176. The molecule has 68 valence electrons. The van der Waals surface area contributed by atoms with Crippen LogP contribution in [-0.4, -0.2) is 0 Å². The third-order valence-corrected chi connectivity index (χ3v) is 2.56. The molecule has 4 N–H and O–H groups in total. The fourth-order valence-electron chi connectivity index (χ4n) is 1.87. The summed E-state index contributed by atoms with van der Waals surface area (Å²) >= 11 is 0. The van der Waals surface area contributed by atoms with Crippen molar-refractivity contribution >= 4 is 0 Å². The molecule has 0 aromatic carbocycles. The maximum Gasteiger partial charge on any atom is -0.00263 e. The van der Waals surface area contributed by atoms with Gasteiger partial charge in [-0.3, -0.25) is 0 Å². The second-order valence-corrected chi connectivity index (χ2v) is 3.36. The molecule has 0 heterocycles. The maximum absolute atomic E-state index is 5.52. The Morgan fingerprint density at radius 1 is 1.08 bits per heavy atom. The summed E-state index contributed by atoms with van der Waals surface area (Å²) in [6.07, 6.45) is 11.8. The van der Waals surface area contributed by atoms with Crippen LogP contribution in [0.5, 0.6) is 0 Å². The molecule has 0 spiro atoms. The van der Waals surface area contributed by atoms with E-state index in [0.29, 0.717) is 5.92 Å². The summed E-state index contributed by atoms with van der Waals surface area (Å²) in [5.74, 6) is 0.656. The van der Waals surface area contributed by atoms with Gasteiger partial charge in [0.1, 0.15) is 0 Å². The van der Waals surface area contributed by atoms with Crippen LogP contribution in [0, 0.1) is 5.92 Å². The van der Waals surface area contributed by atoms with E-state index in [1.807, 2.05) is 6.08 Å². The molecule has 2 nitrogen and oxygen atoms in total. The lowest BCUT2D eigenvalue weighted by Crippen LogP contribution is -2.09. The van der Waals surface area contributed by atoms with Crippen LogP contribution >= 0.6 is 0 Å². The predicted molar refractivity (Wildman–Crippen MR) is 52.2 cm³/mol.